The third-order valence-corrected chi connectivity index (χ3v) is 2.92. The molecule has 3 rings (SSSR count). The van der Waals surface area contributed by atoms with Gasteiger partial charge in [0.25, 0.3) is 0 Å². The summed E-state index contributed by atoms with van der Waals surface area (Å²) < 4.78 is 0. The quantitative estimate of drug-likeness (QED) is 0.343. The average Bonchev–Trinajstić information content (AvgIpc) is 2.99. The first kappa shape index (κ1) is 38.1. The van der Waals surface area contributed by atoms with Gasteiger partial charge in [0.15, 0.2) is 0 Å². The van der Waals surface area contributed by atoms with Crippen molar-refractivity contribution in [1.29, 1.82) is 0 Å². The van der Waals surface area contributed by atoms with Crippen molar-refractivity contribution in [3.05, 3.63) is 84.9 Å². The fourth-order valence-electron chi connectivity index (χ4n) is 1.81. The molecule has 0 heterocycles. The summed E-state index contributed by atoms with van der Waals surface area (Å²) in [6.45, 7) is 24.0. The van der Waals surface area contributed by atoms with E-state index in [1.807, 2.05) is 168 Å². The Morgan fingerprint density at radius 3 is 0.647 bits per heavy atom. The van der Waals surface area contributed by atoms with Crippen LogP contribution in [0.4, 0.5) is 22.7 Å². The van der Waals surface area contributed by atoms with Crippen molar-refractivity contribution in [3.8, 4) is 0 Å². The molecule has 0 aromatic heterocycles. The lowest BCUT2D eigenvalue weighted by atomic mass is 10.3. The first-order valence-electron chi connectivity index (χ1n) is 12.9. The Balaban J connectivity index is -0.000000328. The molecule has 0 aliphatic heterocycles. The van der Waals surface area contributed by atoms with Gasteiger partial charge in [0.05, 0.1) is 22.7 Å². The van der Waals surface area contributed by atoms with Gasteiger partial charge in [-0.25, -0.2) is 0 Å². The highest BCUT2D eigenvalue weighted by atomic mass is 15.1. The second-order valence-corrected chi connectivity index (χ2v) is 4.59. The molecule has 4 nitrogen and oxygen atoms in total. The summed E-state index contributed by atoms with van der Waals surface area (Å²) in [6, 6.07) is 26.7. The van der Waals surface area contributed by atoms with Crippen LogP contribution in [0.25, 0.3) is 0 Å². The van der Waals surface area contributed by atoms with Gasteiger partial charge in [-0.05, 0) is 48.5 Å². The fraction of sp³-hybridized carbons (Fsp3) is 0.400. The van der Waals surface area contributed by atoms with E-state index >= 15 is 0 Å². The highest BCUT2D eigenvalue weighted by molar-refractivity contribution is 5.48. The number of nitrogens with zero attached hydrogens (tertiary/aromatic N) is 4. The number of hydrogen-bond acceptors (Lipinski definition) is 4. The van der Waals surface area contributed by atoms with Crippen molar-refractivity contribution in [1.82, 2.24) is 0 Å². The van der Waals surface area contributed by atoms with Gasteiger partial charge in [0.1, 0.15) is 0 Å². The smallest absolute Gasteiger partial charge is 0.0858 e. The zero-order valence-corrected chi connectivity index (χ0v) is 23.9. The molecule has 0 radical (unpaired) electrons. The third-order valence-electron chi connectivity index (χ3n) is 2.92. The van der Waals surface area contributed by atoms with Gasteiger partial charge in [-0.2, -0.15) is 20.5 Å². The van der Waals surface area contributed by atoms with E-state index in [4.69, 9.17) is 0 Å². The van der Waals surface area contributed by atoms with Crippen molar-refractivity contribution >= 4 is 22.7 Å². The first-order valence-corrected chi connectivity index (χ1v) is 12.9. The van der Waals surface area contributed by atoms with Crippen LogP contribution in [0.2, 0.25) is 0 Å². The Morgan fingerprint density at radius 1 is 0.265 bits per heavy atom. The monoisotopic (exact) mass is 466 g/mol. The Bertz CT molecular complexity index is 697. The maximum absolute atomic E-state index is 4.19. The summed E-state index contributed by atoms with van der Waals surface area (Å²) in [4.78, 5) is 0. The minimum atomic E-state index is 0.780. The lowest BCUT2D eigenvalue weighted by molar-refractivity contribution is 1.21. The van der Waals surface area contributed by atoms with Crippen molar-refractivity contribution in [2.24, 2.45) is 20.5 Å². The van der Waals surface area contributed by atoms with Gasteiger partial charge in [-0.15, -0.1) is 0 Å². The molecular weight excluding hydrogens is 416 g/mol. The second kappa shape index (κ2) is 34.5. The van der Waals surface area contributed by atoms with Gasteiger partial charge in [-0.3, -0.25) is 0 Å². The van der Waals surface area contributed by atoms with Gasteiger partial charge >= 0.3 is 0 Å². The molecule has 0 saturated carbocycles. The Kier molecular flexibility index (Phi) is 38.7. The number of azo groups is 2. The SMILES string of the molecule is CC.CC.CC.CC.CC.CC.c1ccc(N=Nc2ccc(N=Nc3ccccc3)cc2)cc1. The van der Waals surface area contributed by atoms with Crippen LogP contribution in [0.3, 0.4) is 0 Å². The number of benzene rings is 3. The summed E-state index contributed by atoms with van der Waals surface area (Å²) >= 11 is 0. The summed E-state index contributed by atoms with van der Waals surface area (Å²) in [7, 11) is 0. The molecule has 4 heteroatoms. The van der Waals surface area contributed by atoms with Crippen LogP contribution < -0.4 is 0 Å². The molecule has 34 heavy (non-hydrogen) atoms. The molecule has 0 saturated heterocycles. The normalized spacial score (nSPS) is 8.35. The minimum absolute atomic E-state index is 0.780. The minimum Gasteiger partial charge on any atom is -0.151 e. The van der Waals surface area contributed by atoms with Crippen molar-refractivity contribution in [3.63, 3.8) is 0 Å². The van der Waals surface area contributed by atoms with Crippen molar-refractivity contribution in [2.45, 2.75) is 83.1 Å². The Labute approximate surface area is 211 Å². The summed E-state index contributed by atoms with van der Waals surface area (Å²) in [5.74, 6) is 0. The van der Waals surface area contributed by atoms with Crippen LogP contribution in [0, 0.1) is 0 Å². The predicted octanol–water partition coefficient (Wildman–Crippen LogP) is 12.7. The maximum Gasteiger partial charge on any atom is 0.0858 e. The van der Waals surface area contributed by atoms with Crippen LogP contribution in [0.5, 0.6) is 0 Å². The van der Waals surface area contributed by atoms with E-state index in [9.17, 15) is 0 Å². The van der Waals surface area contributed by atoms with Crippen LogP contribution in [-0.4, -0.2) is 0 Å². The maximum atomic E-state index is 4.19. The molecule has 0 bridgehead atoms. The lowest BCUT2D eigenvalue weighted by Gasteiger charge is -1.95. The van der Waals surface area contributed by atoms with Crippen LogP contribution in [-0.2, 0) is 0 Å². The first-order chi connectivity index (χ1) is 16.9. The molecule has 0 spiro atoms. The zero-order chi connectivity index (χ0) is 27.0. The highest BCUT2D eigenvalue weighted by Crippen LogP contribution is 2.23. The standard InChI is InChI=1S/C18H14N4.6C2H6/c1-3-7-15(8-4-1)19-21-17-11-13-18(14-12-17)22-20-16-9-5-2-6-10-16;6*1-2/h1-14H;6*1-2H3. The Hall–Kier alpha value is -3.14. The van der Waals surface area contributed by atoms with E-state index in [2.05, 4.69) is 20.5 Å². The van der Waals surface area contributed by atoms with E-state index in [1.165, 1.54) is 0 Å². The van der Waals surface area contributed by atoms with Crippen LogP contribution >= 0.6 is 0 Å². The summed E-state index contributed by atoms with van der Waals surface area (Å²) in [6.07, 6.45) is 0. The molecule has 0 fully saturated rings. The van der Waals surface area contributed by atoms with Crippen molar-refractivity contribution < 1.29 is 0 Å². The van der Waals surface area contributed by atoms with Gasteiger partial charge in [0.2, 0.25) is 0 Å². The van der Waals surface area contributed by atoms with Gasteiger partial charge < -0.3 is 0 Å². The fourth-order valence-corrected chi connectivity index (χ4v) is 1.81. The zero-order valence-electron chi connectivity index (χ0n) is 23.9. The topological polar surface area (TPSA) is 49.4 Å². The largest absolute Gasteiger partial charge is 0.151 e. The van der Waals surface area contributed by atoms with E-state index < -0.39 is 0 Å². The molecule has 0 aliphatic carbocycles. The molecule has 0 amide bonds. The van der Waals surface area contributed by atoms with Crippen molar-refractivity contribution in [2.75, 3.05) is 0 Å². The molecular formula is C30H50N4. The van der Waals surface area contributed by atoms with E-state index in [-0.39, 0.29) is 0 Å². The van der Waals surface area contributed by atoms with Gasteiger partial charge in [0, 0.05) is 0 Å². The summed E-state index contributed by atoms with van der Waals surface area (Å²) in [5, 5.41) is 16.7. The van der Waals surface area contributed by atoms with Crippen LogP contribution in [0.1, 0.15) is 83.1 Å². The van der Waals surface area contributed by atoms with E-state index in [0.717, 1.165) is 22.7 Å². The van der Waals surface area contributed by atoms with Gasteiger partial charge in [-0.1, -0.05) is 119 Å². The Morgan fingerprint density at radius 2 is 0.441 bits per heavy atom. The molecule has 3 aromatic rings. The molecule has 0 aliphatic rings. The third kappa shape index (κ3) is 20.7. The second-order valence-electron chi connectivity index (χ2n) is 4.59. The molecule has 3 aromatic carbocycles. The predicted molar refractivity (Wildman–Crippen MR) is 156 cm³/mol. The lowest BCUT2D eigenvalue weighted by Crippen LogP contribution is -1.66. The van der Waals surface area contributed by atoms with Crippen LogP contribution in [0.15, 0.2) is 105 Å². The number of rotatable bonds is 4. The van der Waals surface area contributed by atoms with E-state index in [0.29, 0.717) is 0 Å². The highest BCUT2D eigenvalue weighted by Gasteiger charge is 1.93. The molecule has 0 unspecified atom stereocenters. The number of hydrogen-bond donors (Lipinski definition) is 0. The van der Waals surface area contributed by atoms with E-state index in [1.54, 1.807) is 0 Å². The molecule has 0 N–H and O–H groups in total. The average molecular weight is 467 g/mol. The molecule has 0 atom stereocenters. The summed E-state index contributed by atoms with van der Waals surface area (Å²) in [5.41, 5.74) is 3.22. The molecule has 190 valence electrons.